The summed E-state index contributed by atoms with van der Waals surface area (Å²) >= 11 is 0. The van der Waals surface area contributed by atoms with Crippen LogP contribution in [-0.2, 0) is 0 Å². The second-order valence-corrected chi connectivity index (χ2v) is 5.29. The Morgan fingerprint density at radius 1 is 1.28 bits per heavy atom. The Morgan fingerprint density at radius 2 is 1.94 bits per heavy atom. The number of guanidine groups is 1. The van der Waals surface area contributed by atoms with Crippen LogP contribution in [0.3, 0.4) is 0 Å². The van der Waals surface area contributed by atoms with Gasteiger partial charge in [0.15, 0.2) is 5.96 Å². The van der Waals surface area contributed by atoms with Crippen molar-refractivity contribution in [1.29, 1.82) is 0 Å². The van der Waals surface area contributed by atoms with Gasteiger partial charge >= 0.3 is 0 Å². The minimum atomic E-state index is 0.153. The number of nitrogens with one attached hydrogen (secondary N) is 2. The summed E-state index contributed by atoms with van der Waals surface area (Å²) < 4.78 is 0. The topological polar surface area (TPSA) is 56.7 Å². The molecule has 3 N–H and O–H groups in total. The maximum absolute atomic E-state index is 9.21. The normalized spacial score (nSPS) is 16.8. The van der Waals surface area contributed by atoms with E-state index >= 15 is 0 Å². The van der Waals surface area contributed by atoms with Crippen LogP contribution < -0.4 is 10.6 Å². The number of rotatable bonds is 8. The smallest absolute Gasteiger partial charge is 0.191 e. The van der Waals surface area contributed by atoms with Crippen molar-refractivity contribution in [2.45, 2.75) is 58.9 Å². The van der Waals surface area contributed by atoms with E-state index in [1.54, 1.807) is 0 Å². The number of hydrogen-bond donors (Lipinski definition) is 3. The highest BCUT2D eigenvalue weighted by molar-refractivity contribution is 5.80. The van der Waals surface area contributed by atoms with Crippen LogP contribution >= 0.6 is 0 Å². The van der Waals surface area contributed by atoms with Crippen molar-refractivity contribution in [3.05, 3.63) is 0 Å². The molecule has 0 atom stereocenters. The summed E-state index contributed by atoms with van der Waals surface area (Å²) in [7, 11) is 0. The minimum Gasteiger partial charge on any atom is -0.396 e. The molecule has 0 unspecified atom stereocenters. The van der Waals surface area contributed by atoms with Crippen molar-refractivity contribution < 1.29 is 5.11 Å². The lowest BCUT2D eigenvalue weighted by molar-refractivity contribution is 0.175. The Labute approximate surface area is 111 Å². The van der Waals surface area contributed by atoms with Gasteiger partial charge in [-0.25, -0.2) is 0 Å². The number of aliphatic hydroxyl groups excluding tert-OH is 1. The van der Waals surface area contributed by atoms with Crippen molar-refractivity contribution in [3.8, 4) is 0 Å². The molecule has 0 aliphatic heterocycles. The average Bonchev–Trinajstić information content (AvgIpc) is 3.18. The highest BCUT2D eigenvalue weighted by Gasteiger charge is 2.26. The van der Waals surface area contributed by atoms with Gasteiger partial charge in [-0.1, -0.05) is 13.8 Å². The molecule has 0 bridgehead atoms. The zero-order valence-electron chi connectivity index (χ0n) is 12.1. The zero-order chi connectivity index (χ0) is 13.4. The highest BCUT2D eigenvalue weighted by Crippen LogP contribution is 2.30. The first-order valence-corrected chi connectivity index (χ1v) is 7.35. The van der Waals surface area contributed by atoms with Crippen molar-refractivity contribution in [3.63, 3.8) is 0 Å². The van der Waals surface area contributed by atoms with E-state index < -0.39 is 0 Å². The Morgan fingerprint density at radius 3 is 2.39 bits per heavy atom. The first-order valence-electron chi connectivity index (χ1n) is 7.35. The molecule has 0 aromatic rings. The maximum atomic E-state index is 9.21. The summed E-state index contributed by atoms with van der Waals surface area (Å²) in [5, 5.41) is 15.9. The fourth-order valence-electron chi connectivity index (χ4n) is 2.13. The van der Waals surface area contributed by atoms with Gasteiger partial charge in [-0.3, -0.25) is 4.99 Å². The van der Waals surface area contributed by atoms with Gasteiger partial charge in [-0.05, 0) is 44.4 Å². The molecule has 0 heterocycles. The molecule has 1 fully saturated rings. The number of aliphatic hydroxyl groups is 1. The summed E-state index contributed by atoms with van der Waals surface area (Å²) in [5.74, 6) is 0.934. The van der Waals surface area contributed by atoms with Crippen LogP contribution in [0.5, 0.6) is 0 Å². The average molecular weight is 255 g/mol. The Hall–Kier alpha value is -0.770. The van der Waals surface area contributed by atoms with Crippen LogP contribution in [-0.4, -0.2) is 36.8 Å². The lowest BCUT2D eigenvalue weighted by atomic mass is 9.79. The van der Waals surface area contributed by atoms with E-state index in [-0.39, 0.29) is 12.0 Å². The van der Waals surface area contributed by atoms with Gasteiger partial charge in [0.2, 0.25) is 0 Å². The van der Waals surface area contributed by atoms with Crippen LogP contribution in [0.15, 0.2) is 4.99 Å². The van der Waals surface area contributed by atoms with Crippen LogP contribution in [0.4, 0.5) is 0 Å². The third kappa shape index (κ3) is 4.84. The molecular weight excluding hydrogens is 226 g/mol. The van der Waals surface area contributed by atoms with Crippen LogP contribution in [0.1, 0.15) is 52.9 Å². The standard InChI is InChI=1S/C14H29N3O/c1-4-14(5-2,9-10-18)11-16-13(15-6-3)17-12-7-8-12/h12,18H,4-11H2,1-3H3,(H2,15,16,17). The summed E-state index contributed by atoms with van der Waals surface area (Å²) in [6.45, 7) is 8.41. The molecule has 18 heavy (non-hydrogen) atoms. The summed E-state index contributed by atoms with van der Waals surface area (Å²) in [4.78, 5) is 4.71. The van der Waals surface area contributed by atoms with E-state index in [4.69, 9.17) is 4.99 Å². The third-order valence-corrected chi connectivity index (χ3v) is 3.98. The van der Waals surface area contributed by atoms with Crippen LogP contribution in [0.25, 0.3) is 0 Å². The van der Waals surface area contributed by atoms with E-state index in [2.05, 4.69) is 31.4 Å². The highest BCUT2D eigenvalue weighted by atomic mass is 16.3. The number of aliphatic imine (C=N–C) groups is 1. The molecular formula is C14H29N3O. The van der Waals surface area contributed by atoms with E-state index in [1.165, 1.54) is 12.8 Å². The lowest BCUT2D eigenvalue weighted by Gasteiger charge is -2.29. The Balaban J connectivity index is 2.57. The number of hydrogen-bond acceptors (Lipinski definition) is 2. The second-order valence-electron chi connectivity index (χ2n) is 5.29. The van der Waals surface area contributed by atoms with Gasteiger partial charge < -0.3 is 15.7 Å². The molecule has 0 spiro atoms. The van der Waals surface area contributed by atoms with Gasteiger partial charge in [-0.2, -0.15) is 0 Å². The molecule has 0 saturated heterocycles. The summed E-state index contributed by atoms with van der Waals surface area (Å²) in [5.41, 5.74) is 0.153. The van der Waals surface area contributed by atoms with Gasteiger partial charge in [0.1, 0.15) is 0 Å². The second kappa shape index (κ2) is 7.62. The quantitative estimate of drug-likeness (QED) is 0.458. The predicted molar refractivity (Wildman–Crippen MR) is 76.9 cm³/mol. The fourth-order valence-corrected chi connectivity index (χ4v) is 2.13. The molecule has 106 valence electrons. The maximum Gasteiger partial charge on any atom is 0.191 e. The SMILES string of the molecule is CCNC(=NCC(CC)(CC)CCO)NC1CC1. The van der Waals surface area contributed by atoms with Gasteiger partial charge in [0.25, 0.3) is 0 Å². The van der Waals surface area contributed by atoms with Crippen molar-refractivity contribution >= 4 is 5.96 Å². The molecule has 4 heteroatoms. The van der Waals surface area contributed by atoms with E-state index in [9.17, 15) is 5.11 Å². The molecule has 1 aliphatic rings. The summed E-state index contributed by atoms with van der Waals surface area (Å²) in [6, 6.07) is 0.623. The van der Waals surface area contributed by atoms with E-state index in [1.807, 2.05) is 0 Å². The predicted octanol–water partition coefficient (Wildman–Crippen LogP) is 1.89. The molecule has 0 radical (unpaired) electrons. The Kier molecular flexibility index (Phi) is 6.47. The van der Waals surface area contributed by atoms with Crippen LogP contribution in [0, 0.1) is 5.41 Å². The third-order valence-electron chi connectivity index (χ3n) is 3.98. The first-order chi connectivity index (χ1) is 8.69. The molecule has 4 nitrogen and oxygen atoms in total. The molecule has 0 aromatic carbocycles. The zero-order valence-corrected chi connectivity index (χ0v) is 12.1. The molecule has 1 aliphatic carbocycles. The molecule has 0 amide bonds. The van der Waals surface area contributed by atoms with Gasteiger partial charge in [-0.15, -0.1) is 0 Å². The minimum absolute atomic E-state index is 0.153. The fraction of sp³-hybridized carbons (Fsp3) is 0.929. The molecule has 0 aromatic heterocycles. The van der Waals surface area contributed by atoms with Crippen molar-refractivity contribution in [1.82, 2.24) is 10.6 Å². The monoisotopic (exact) mass is 255 g/mol. The summed E-state index contributed by atoms with van der Waals surface area (Å²) in [6.07, 6.45) is 5.49. The van der Waals surface area contributed by atoms with Gasteiger partial charge in [0.05, 0.1) is 0 Å². The van der Waals surface area contributed by atoms with Gasteiger partial charge in [0, 0.05) is 25.7 Å². The largest absolute Gasteiger partial charge is 0.396 e. The molecule has 1 rings (SSSR count). The van der Waals surface area contributed by atoms with Crippen molar-refractivity contribution in [2.75, 3.05) is 19.7 Å². The van der Waals surface area contributed by atoms with Crippen LogP contribution in [0.2, 0.25) is 0 Å². The van der Waals surface area contributed by atoms with E-state index in [0.717, 1.165) is 38.3 Å². The Bertz CT molecular complexity index is 258. The van der Waals surface area contributed by atoms with Crippen molar-refractivity contribution in [2.24, 2.45) is 10.4 Å². The van der Waals surface area contributed by atoms with E-state index in [0.29, 0.717) is 6.04 Å². The first kappa shape index (κ1) is 15.3. The molecule has 1 saturated carbocycles. The number of nitrogens with zero attached hydrogens (tertiary/aromatic N) is 1. The lowest BCUT2D eigenvalue weighted by Crippen LogP contribution is -2.39.